The van der Waals surface area contributed by atoms with Crippen molar-refractivity contribution in [2.24, 2.45) is 0 Å². The van der Waals surface area contributed by atoms with Crippen molar-refractivity contribution in [3.05, 3.63) is 64.1 Å². The molecule has 2 amide bonds. The molecule has 2 aromatic carbocycles. The summed E-state index contributed by atoms with van der Waals surface area (Å²) in [4.78, 5) is 32.2. The maximum atomic E-state index is 14.1. The van der Waals surface area contributed by atoms with Crippen LogP contribution in [-0.2, 0) is 50.4 Å². The Hall–Kier alpha value is -2.55. The van der Waals surface area contributed by atoms with Crippen molar-refractivity contribution in [2.45, 2.75) is 69.8 Å². The van der Waals surface area contributed by atoms with Crippen molar-refractivity contribution in [3.8, 4) is 0 Å². The number of amides is 2. The van der Waals surface area contributed by atoms with Gasteiger partial charge >= 0.3 is 6.36 Å². The lowest BCUT2D eigenvalue weighted by Crippen LogP contribution is -2.59. The Kier molecular flexibility index (Phi) is 16.2. The lowest BCUT2D eigenvalue weighted by Gasteiger charge is -2.34. The van der Waals surface area contributed by atoms with Gasteiger partial charge < -0.3 is 19.7 Å². The Bertz CT molecular complexity index is 1610. The summed E-state index contributed by atoms with van der Waals surface area (Å²) in [5.41, 5.74) is 0.494. The predicted molar refractivity (Wildman–Crippen MR) is 175 cm³/mol. The van der Waals surface area contributed by atoms with Crippen LogP contribution in [0, 0.1) is 0 Å². The predicted octanol–water partition coefficient (Wildman–Crippen LogP) is 3.72. The maximum absolute atomic E-state index is 14.1. The molecule has 2 unspecified atom stereocenters. The van der Waals surface area contributed by atoms with E-state index in [9.17, 15) is 39.6 Å². The Balaban J connectivity index is 2.59. The van der Waals surface area contributed by atoms with Gasteiger partial charge in [0.1, 0.15) is 17.0 Å². The van der Waals surface area contributed by atoms with Crippen molar-refractivity contribution in [3.63, 3.8) is 0 Å². The first-order chi connectivity index (χ1) is 22.7. The van der Waals surface area contributed by atoms with Gasteiger partial charge in [-0.15, -0.1) is 13.2 Å². The summed E-state index contributed by atoms with van der Waals surface area (Å²) in [5, 5.41) is 2.29. The number of nitrogens with zero attached hydrogens (tertiary/aromatic N) is 2. The summed E-state index contributed by atoms with van der Waals surface area (Å²) in [6, 6.07) is 6.49. The van der Waals surface area contributed by atoms with Gasteiger partial charge in [-0.3, -0.25) is 9.59 Å². The van der Waals surface area contributed by atoms with Crippen LogP contribution >= 0.6 is 23.2 Å². The molecule has 0 spiro atoms. The summed E-state index contributed by atoms with van der Waals surface area (Å²) in [6.07, 6.45) is -6.05. The van der Waals surface area contributed by atoms with E-state index in [1.54, 1.807) is 39.8 Å². The van der Waals surface area contributed by atoms with Gasteiger partial charge in [-0.2, -0.15) is 4.84 Å². The molecule has 2 N–H and O–H groups in total. The summed E-state index contributed by atoms with van der Waals surface area (Å²) in [6.45, 7) is 5.72. The number of benzene rings is 2. The molecule has 0 aliphatic rings. The number of carbonyl (C=O) groups is 2. The van der Waals surface area contributed by atoms with Gasteiger partial charge in [0.2, 0.25) is 21.8 Å². The van der Waals surface area contributed by atoms with E-state index < -0.39 is 83.6 Å². The summed E-state index contributed by atoms with van der Waals surface area (Å²) in [7, 11) is -9.66. The Morgan fingerprint density at radius 1 is 0.898 bits per heavy atom. The van der Waals surface area contributed by atoms with E-state index in [1.165, 1.54) is 29.2 Å². The largest absolute Gasteiger partial charge is 0.540 e. The van der Waals surface area contributed by atoms with Crippen molar-refractivity contribution in [1.82, 2.24) is 19.4 Å². The number of ether oxygens (including phenoxy) is 2. The summed E-state index contributed by atoms with van der Waals surface area (Å²) in [5.74, 6) is -2.04. The van der Waals surface area contributed by atoms with Crippen LogP contribution in [0.1, 0.15) is 33.3 Å². The highest BCUT2D eigenvalue weighted by atomic mass is 35.5. The van der Waals surface area contributed by atoms with Gasteiger partial charge in [0, 0.05) is 30.7 Å². The standard InChI is InChI=1S/C29H39Cl2F3N4O9S2/c1-6-45-26(46-7-2)18-37(19(3)4)28(40)23(16-20-12-14-21(30)15-13-20)35-27(39)24(36-48(5,41)42)17-38(47-29(32,33)34)49(43,44)25-11-9-8-10-22(25)31/h8-15,19,23-24,26,36H,6-7,16-18H2,1-5H3,(H,35,39). The molecule has 2 atom stereocenters. The van der Waals surface area contributed by atoms with Crippen molar-refractivity contribution >= 4 is 55.1 Å². The highest BCUT2D eigenvalue weighted by Crippen LogP contribution is 2.28. The molecule has 20 heteroatoms. The molecular weight excluding hydrogens is 740 g/mol. The van der Waals surface area contributed by atoms with E-state index in [-0.39, 0.29) is 26.2 Å². The molecule has 0 aliphatic heterocycles. The maximum Gasteiger partial charge on any atom is 0.540 e. The number of sulfonamides is 2. The number of nitrogens with one attached hydrogen (secondary N) is 2. The van der Waals surface area contributed by atoms with Gasteiger partial charge in [-0.05, 0) is 57.5 Å². The number of alkyl halides is 3. The van der Waals surface area contributed by atoms with Crippen LogP contribution in [0.25, 0.3) is 0 Å². The van der Waals surface area contributed by atoms with Crippen LogP contribution in [0.3, 0.4) is 0 Å². The third-order valence-corrected chi connectivity index (χ3v) is 9.60. The smallest absolute Gasteiger partial charge is 0.351 e. The van der Waals surface area contributed by atoms with Gasteiger partial charge in [0.15, 0.2) is 6.29 Å². The Morgan fingerprint density at radius 2 is 1.47 bits per heavy atom. The fraction of sp³-hybridized carbons (Fsp3) is 0.517. The summed E-state index contributed by atoms with van der Waals surface area (Å²) < 4.78 is 104. The van der Waals surface area contributed by atoms with Crippen LogP contribution in [0.15, 0.2) is 53.4 Å². The van der Waals surface area contributed by atoms with E-state index >= 15 is 0 Å². The minimum absolute atomic E-state index is 0.0839. The quantitative estimate of drug-likeness (QED) is 0.160. The Labute approximate surface area is 294 Å². The van der Waals surface area contributed by atoms with Crippen molar-refractivity contribution in [2.75, 3.05) is 32.6 Å². The highest BCUT2D eigenvalue weighted by Gasteiger charge is 2.43. The molecule has 2 aromatic rings. The molecule has 0 saturated heterocycles. The molecule has 0 radical (unpaired) electrons. The van der Waals surface area contributed by atoms with E-state index in [2.05, 4.69) is 10.2 Å². The molecule has 0 saturated carbocycles. The minimum atomic E-state index is -5.61. The topological polar surface area (TPSA) is 161 Å². The Morgan fingerprint density at radius 3 is 1.96 bits per heavy atom. The molecule has 2 rings (SSSR count). The fourth-order valence-electron chi connectivity index (χ4n) is 4.41. The third kappa shape index (κ3) is 13.9. The van der Waals surface area contributed by atoms with E-state index in [0.29, 0.717) is 16.8 Å². The average Bonchev–Trinajstić information content (AvgIpc) is 2.98. The van der Waals surface area contributed by atoms with Gasteiger partial charge in [-0.25, -0.2) is 21.6 Å². The first-order valence-electron chi connectivity index (χ1n) is 14.8. The molecule has 0 aromatic heterocycles. The molecule has 0 fully saturated rings. The molecule has 0 aliphatic carbocycles. The lowest BCUT2D eigenvalue weighted by molar-refractivity contribution is -0.390. The van der Waals surface area contributed by atoms with E-state index in [0.717, 1.165) is 12.1 Å². The first kappa shape index (κ1) is 42.6. The normalized spacial score (nSPS) is 13.9. The molecule has 0 heterocycles. The number of carbonyl (C=O) groups excluding carboxylic acids is 2. The number of rotatable bonds is 19. The van der Waals surface area contributed by atoms with Crippen LogP contribution in [0.5, 0.6) is 0 Å². The second kappa shape index (κ2) is 18.6. The SMILES string of the molecule is CCOC(CN(C(=O)C(Cc1ccc(Cl)cc1)NC(=O)C(CN(OC(F)(F)F)S(=O)(=O)c1ccccc1Cl)NS(C)(=O)=O)C(C)C)OCC. The number of halogens is 5. The zero-order valence-electron chi connectivity index (χ0n) is 27.2. The monoisotopic (exact) mass is 778 g/mol. The zero-order valence-corrected chi connectivity index (χ0v) is 30.4. The second-order valence-electron chi connectivity index (χ2n) is 10.7. The second-order valence-corrected chi connectivity index (χ2v) is 15.1. The van der Waals surface area contributed by atoms with Crippen LogP contribution < -0.4 is 10.0 Å². The van der Waals surface area contributed by atoms with Crippen LogP contribution in [0.4, 0.5) is 13.2 Å². The van der Waals surface area contributed by atoms with Gasteiger partial charge in [0.05, 0.1) is 24.4 Å². The van der Waals surface area contributed by atoms with Gasteiger partial charge in [0.25, 0.3) is 10.0 Å². The average molecular weight is 780 g/mol. The van der Waals surface area contributed by atoms with E-state index in [1.807, 2.05) is 4.72 Å². The summed E-state index contributed by atoms with van der Waals surface area (Å²) >= 11 is 11.9. The van der Waals surface area contributed by atoms with Crippen LogP contribution in [0.2, 0.25) is 10.0 Å². The molecular formula is C29H39Cl2F3N4O9S2. The minimum Gasteiger partial charge on any atom is -0.351 e. The highest BCUT2D eigenvalue weighted by molar-refractivity contribution is 7.89. The van der Waals surface area contributed by atoms with E-state index in [4.69, 9.17) is 32.7 Å². The third-order valence-electron chi connectivity index (χ3n) is 6.52. The first-order valence-corrected chi connectivity index (χ1v) is 18.9. The lowest BCUT2D eigenvalue weighted by atomic mass is 10.0. The molecule has 13 nitrogen and oxygen atoms in total. The van der Waals surface area contributed by atoms with Gasteiger partial charge in [-0.1, -0.05) is 51.9 Å². The molecule has 49 heavy (non-hydrogen) atoms. The molecule has 0 bridgehead atoms. The molecule has 276 valence electrons. The van der Waals surface area contributed by atoms with Crippen molar-refractivity contribution < 1.29 is 53.9 Å². The fourth-order valence-corrected chi connectivity index (χ4v) is 6.98. The number of hydrogen-bond donors (Lipinski definition) is 2. The number of hydrogen-bond acceptors (Lipinski definition) is 9. The van der Waals surface area contributed by atoms with Crippen molar-refractivity contribution in [1.29, 1.82) is 0 Å². The zero-order chi connectivity index (χ0) is 37.2. The van der Waals surface area contributed by atoms with Crippen LogP contribution in [-0.4, -0.2) is 101 Å². The number of hydroxylamine groups is 1.